The van der Waals surface area contributed by atoms with Crippen molar-refractivity contribution in [2.45, 2.75) is 19.1 Å². The van der Waals surface area contributed by atoms with Crippen LogP contribution in [0.5, 0.6) is 0 Å². The summed E-state index contributed by atoms with van der Waals surface area (Å²) in [5, 5.41) is 6.28. The summed E-state index contributed by atoms with van der Waals surface area (Å²) in [6, 6.07) is -0.331. The lowest BCUT2D eigenvalue weighted by Gasteiger charge is -2.13. The van der Waals surface area contributed by atoms with Crippen molar-refractivity contribution < 1.29 is 13.2 Å². The SMILES string of the molecule is CNC(c1cnc(C(F)(F)F)s1)c1cnn(C)c1C. The van der Waals surface area contributed by atoms with Crippen LogP contribution in [0.2, 0.25) is 0 Å². The van der Waals surface area contributed by atoms with Crippen molar-refractivity contribution in [1.29, 1.82) is 0 Å². The fourth-order valence-corrected chi connectivity index (χ4v) is 2.71. The summed E-state index contributed by atoms with van der Waals surface area (Å²) in [5.74, 6) is 0. The maximum atomic E-state index is 12.6. The van der Waals surface area contributed by atoms with Crippen LogP contribution in [-0.2, 0) is 13.2 Å². The van der Waals surface area contributed by atoms with Crippen LogP contribution in [0.4, 0.5) is 13.2 Å². The lowest BCUT2D eigenvalue weighted by atomic mass is 10.1. The van der Waals surface area contributed by atoms with Crippen molar-refractivity contribution >= 4 is 11.3 Å². The second-order valence-electron chi connectivity index (χ2n) is 4.10. The number of hydrogen-bond acceptors (Lipinski definition) is 4. The Morgan fingerprint density at radius 1 is 1.37 bits per heavy atom. The molecule has 4 nitrogen and oxygen atoms in total. The normalized spacial score (nSPS) is 13.8. The van der Waals surface area contributed by atoms with Gasteiger partial charge in [-0.2, -0.15) is 18.3 Å². The molecule has 0 saturated carbocycles. The van der Waals surface area contributed by atoms with Crippen LogP contribution in [-0.4, -0.2) is 21.8 Å². The second-order valence-corrected chi connectivity index (χ2v) is 5.16. The maximum absolute atomic E-state index is 12.6. The van der Waals surface area contributed by atoms with E-state index in [1.165, 1.54) is 6.20 Å². The molecule has 2 aromatic rings. The van der Waals surface area contributed by atoms with E-state index >= 15 is 0 Å². The van der Waals surface area contributed by atoms with Crippen molar-refractivity contribution in [2.75, 3.05) is 7.05 Å². The first-order chi connectivity index (χ1) is 8.84. The smallest absolute Gasteiger partial charge is 0.309 e. The Morgan fingerprint density at radius 2 is 2.05 bits per heavy atom. The molecule has 1 N–H and O–H groups in total. The van der Waals surface area contributed by atoms with Crippen molar-refractivity contribution in [3.8, 4) is 0 Å². The molecule has 104 valence electrons. The average Bonchev–Trinajstić information content (AvgIpc) is 2.92. The lowest BCUT2D eigenvalue weighted by Crippen LogP contribution is -2.17. The summed E-state index contributed by atoms with van der Waals surface area (Å²) in [7, 11) is 3.49. The summed E-state index contributed by atoms with van der Waals surface area (Å²) in [5.41, 5.74) is 1.75. The standard InChI is InChI=1S/C11H13F3N4S/c1-6-7(4-17-18(6)3)9(15-2)8-5-16-10(19-8)11(12,13)14/h4-5,9,15H,1-3H3. The molecule has 0 aliphatic heterocycles. The first-order valence-electron chi connectivity index (χ1n) is 5.53. The van der Waals surface area contributed by atoms with Gasteiger partial charge >= 0.3 is 6.18 Å². The minimum Gasteiger partial charge on any atom is -0.309 e. The predicted octanol–water partition coefficient (Wildman–Crippen LogP) is 2.51. The molecule has 0 aromatic carbocycles. The van der Waals surface area contributed by atoms with Gasteiger partial charge < -0.3 is 5.32 Å². The molecule has 2 rings (SSSR count). The zero-order chi connectivity index (χ0) is 14.2. The fraction of sp³-hybridized carbons (Fsp3) is 0.455. The summed E-state index contributed by atoms with van der Waals surface area (Å²) in [6.45, 7) is 1.87. The second kappa shape index (κ2) is 4.93. The Morgan fingerprint density at radius 3 is 2.47 bits per heavy atom. The Kier molecular flexibility index (Phi) is 3.64. The number of halogens is 3. The molecule has 0 bridgehead atoms. The fourth-order valence-electron chi connectivity index (χ4n) is 1.80. The molecule has 1 atom stereocenters. The molecule has 2 heterocycles. The van der Waals surface area contributed by atoms with Crippen molar-refractivity contribution in [3.05, 3.63) is 33.5 Å². The first-order valence-corrected chi connectivity index (χ1v) is 6.35. The molecular weight excluding hydrogens is 277 g/mol. The molecule has 0 spiro atoms. The molecule has 0 radical (unpaired) electrons. The van der Waals surface area contributed by atoms with Gasteiger partial charge in [0, 0.05) is 29.4 Å². The van der Waals surface area contributed by atoms with E-state index in [-0.39, 0.29) is 6.04 Å². The summed E-state index contributed by atoms with van der Waals surface area (Å²) in [6.07, 6.45) is -1.48. The highest BCUT2D eigenvalue weighted by atomic mass is 32.1. The zero-order valence-corrected chi connectivity index (χ0v) is 11.4. The van der Waals surface area contributed by atoms with Gasteiger partial charge in [-0.3, -0.25) is 4.68 Å². The van der Waals surface area contributed by atoms with Crippen LogP contribution in [0.1, 0.15) is 27.2 Å². The van der Waals surface area contributed by atoms with Crippen LogP contribution in [0.15, 0.2) is 12.4 Å². The number of thiazole rings is 1. The summed E-state index contributed by atoms with van der Waals surface area (Å²) in [4.78, 5) is 3.96. The number of hydrogen-bond donors (Lipinski definition) is 1. The van der Waals surface area contributed by atoms with E-state index < -0.39 is 11.2 Å². The molecular formula is C11H13F3N4S. The van der Waals surface area contributed by atoms with Crippen molar-refractivity contribution in [2.24, 2.45) is 7.05 Å². The number of nitrogens with one attached hydrogen (secondary N) is 1. The molecule has 19 heavy (non-hydrogen) atoms. The van der Waals surface area contributed by atoms with E-state index in [9.17, 15) is 13.2 Å². The van der Waals surface area contributed by atoms with Gasteiger partial charge in [-0.25, -0.2) is 4.98 Å². The number of aryl methyl sites for hydroxylation is 1. The van der Waals surface area contributed by atoms with Crippen LogP contribution in [0.25, 0.3) is 0 Å². The van der Waals surface area contributed by atoms with E-state index in [2.05, 4.69) is 15.4 Å². The van der Waals surface area contributed by atoms with Gasteiger partial charge in [-0.15, -0.1) is 11.3 Å². The Labute approximate surface area is 112 Å². The predicted molar refractivity (Wildman–Crippen MR) is 66.0 cm³/mol. The Bertz CT molecular complexity index is 573. The van der Waals surface area contributed by atoms with Gasteiger partial charge in [0.05, 0.1) is 12.2 Å². The largest absolute Gasteiger partial charge is 0.443 e. The highest BCUT2D eigenvalue weighted by Crippen LogP contribution is 2.36. The summed E-state index contributed by atoms with van der Waals surface area (Å²) < 4.78 is 39.4. The van der Waals surface area contributed by atoms with E-state index in [1.807, 2.05) is 6.92 Å². The van der Waals surface area contributed by atoms with Crippen LogP contribution >= 0.6 is 11.3 Å². The van der Waals surface area contributed by atoms with E-state index in [4.69, 9.17) is 0 Å². The number of alkyl halides is 3. The van der Waals surface area contributed by atoms with Crippen LogP contribution < -0.4 is 5.32 Å². The molecule has 8 heteroatoms. The minimum absolute atomic E-state index is 0.331. The molecule has 0 aliphatic carbocycles. The van der Waals surface area contributed by atoms with Gasteiger partial charge in [-0.1, -0.05) is 0 Å². The van der Waals surface area contributed by atoms with Gasteiger partial charge in [0.1, 0.15) is 0 Å². The molecule has 0 amide bonds. The summed E-state index contributed by atoms with van der Waals surface area (Å²) >= 11 is 0.650. The van der Waals surface area contributed by atoms with Gasteiger partial charge in [0.25, 0.3) is 0 Å². The number of rotatable bonds is 3. The van der Waals surface area contributed by atoms with E-state index in [0.717, 1.165) is 11.3 Å². The third-order valence-corrected chi connectivity index (χ3v) is 4.03. The highest BCUT2D eigenvalue weighted by Gasteiger charge is 2.35. The molecule has 0 saturated heterocycles. The average molecular weight is 290 g/mol. The van der Waals surface area contributed by atoms with Gasteiger partial charge in [0.2, 0.25) is 0 Å². The Balaban J connectivity index is 2.38. The number of aromatic nitrogens is 3. The lowest BCUT2D eigenvalue weighted by molar-refractivity contribution is -0.137. The highest BCUT2D eigenvalue weighted by molar-refractivity contribution is 7.11. The van der Waals surface area contributed by atoms with Crippen molar-refractivity contribution in [1.82, 2.24) is 20.1 Å². The van der Waals surface area contributed by atoms with Crippen LogP contribution in [0, 0.1) is 6.92 Å². The van der Waals surface area contributed by atoms with E-state index in [1.54, 1.807) is 25.0 Å². The first kappa shape index (κ1) is 14.0. The third-order valence-electron chi connectivity index (χ3n) is 2.92. The molecule has 0 aliphatic rings. The molecule has 2 aromatic heterocycles. The quantitative estimate of drug-likeness (QED) is 0.944. The van der Waals surface area contributed by atoms with E-state index in [0.29, 0.717) is 16.2 Å². The molecule has 1 unspecified atom stereocenters. The maximum Gasteiger partial charge on any atom is 0.443 e. The topological polar surface area (TPSA) is 42.7 Å². The minimum atomic E-state index is -4.40. The van der Waals surface area contributed by atoms with Gasteiger partial charge in [0.15, 0.2) is 5.01 Å². The Hall–Kier alpha value is -1.41. The van der Waals surface area contributed by atoms with Crippen LogP contribution in [0.3, 0.4) is 0 Å². The monoisotopic (exact) mass is 290 g/mol. The zero-order valence-electron chi connectivity index (χ0n) is 10.6. The third kappa shape index (κ3) is 2.64. The van der Waals surface area contributed by atoms with Crippen molar-refractivity contribution in [3.63, 3.8) is 0 Å². The number of nitrogens with zero attached hydrogens (tertiary/aromatic N) is 3. The molecule has 0 fully saturated rings. The van der Waals surface area contributed by atoms with Gasteiger partial charge in [-0.05, 0) is 14.0 Å².